The summed E-state index contributed by atoms with van der Waals surface area (Å²) >= 11 is 1.56. The Morgan fingerprint density at radius 1 is 1.62 bits per heavy atom. The van der Waals surface area contributed by atoms with E-state index < -0.39 is 5.54 Å². The first kappa shape index (κ1) is 15.3. The van der Waals surface area contributed by atoms with Crippen LogP contribution in [0.3, 0.4) is 0 Å². The lowest BCUT2D eigenvalue weighted by Gasteiger charge is -2.20. The summed E-state index contributed by atoms with van der Waals surface area (Å²) in [5, 5.41) is 15.7. The quantitative estimate of drug-likeness (QED) is 0.920. The summed E-state index contributed by atoms with van der Waals surface area (Å²) in [6.45, 7) is 5.35. The molecule has 2 rings (SSSR count). The van der Waals surface area contributed by atoms with E-state index in [1.54, 1.807) is 25.2 Å². The largest absolute Gasteiger partial charge is 0.441 e. The van der Waals surface area contributed by atoms with Gasteiger partial charge < -0.3 is 9.73 Å². The molecule has 110 valence electrons. The number of nitrogens with zero attached hydrogens (tertiary/aromatic N) is 2. The highest BCUT2D eigenvalue weighted by Crippen LogP contribution is 2.24. The molecule has 21 heavy (non-hydrogen) atoms. The maximum Gasteiger partial charge on any atom is 0.227 e. The molecule has 0 saturated carbocycles. The highest BCUT2D eigenvalue weighted by Gasteiger charge is 2.24. The lowest BCUT2D eigenvalue weighted by molar-refractivity contribution is -0.121. The van der Waals surface area contributed by atoms with E-state index in [0.717, 1.165) is 5.56 Å². The van der Waals surface area contributed by atoms with Crippen molar-refractivity contribution >= 4 is 17.2 Å². The number of amides is 1. The van der Waals surface area contributed by atoms with Gasteiger partial charge in [-0.25, -0.2) is 4.98 Å². The Morgan fingerprint density at radius 3 is 2.95 bits per heavy atom. The minimum Gasteiger partial charge on any atom is -0.441 e. The second-order valence-electron chi connectivity index (χ2n) is 5.06. The zero-order chi connectivity index (χ0) is 15.5. The number of nitrogens with one attached hydrogen (secondary N) is 1. The molecule has 0 bridgehead atoms. The number of oxazole rings is 1. The van der Waals surface area contributed by atoms with Crippen LogP contribution in [-0.4, -0.2) is 16.4 Å². The molecule has 0 saturated heterocycles. The number of carbonyl (C=O) groups excluding carboxylic acids is 1. The van der Waals surface area contributed by atoms with Crippen LogP contribution in [0.15, 0.2) is 21.2 Å². The van der Waals surface area contributed by atoms with E-state index in [1.165, 1.54) is 0 Å². The number of nitriles is 1. The van der Waals surface area contributed by atoms with Crippen LogP contribution < -0.4 is 5.32 Å². The zero-order valence-corrected chi connectivity index (χ0v) is 13.1. The van der Waals surface area contributed by atoms with Crippen molar-refractivity contribution in [3.05, 3.63) is 28.3 Å². The molecular weight excluding hydrogens is 286 g/mol. The number of carbonyl (C=O) groups is 1. The van der Waals surface area contributed by atoms with Crippen LogP contribution in [0.4, 0.5) is 0 Å². The molecule has 5 nitrogen and oxygen atoms in total. The van der Waals surface area contributed by atoms with Crippen LogP contribution in [0, 0.1) is 18.3 Å². The minimum absolute atomic E-state index is 0.108. The van der Waals surface area contributed by atoms with Crippen molar-refractivity contribution in [3.63, 3.8) is 0 Å². The number of aryl methyl sites for hydroxylation is 1. The Balaban J connectivity index is 2.10. The van der Waals surface area contributed by atoms with Gasteiger partial charge in [0.25, 0.3) is 0 Å². The molecule has 0 radical (unpaired) electrons. The standard InChI is InChI=1S/C15H17N3O2S/c1-4-15(3,9-16)18-13(19)7-12-10(2)20-14(17-12)11-5-6-21-8-11/h5-6,8H,4,7H2,1-3H3,(H,18,19)/t15-/m0/s1. The molecular formula is C15H17N3O2S. The van der Waals surface area contributed by atoms with Gasteiger partial charge in [0.2, 0.25) is 11.8 Å². The van der Waals surface area contributed by atoms with Crippen LogP contribution in [-0.2, 0) is 11.2 Å². The number of thiophene rings is 1. The molecule has 0 aromatic carbocycles. The Hall–Kier alpha value is -2.13. The first-order valence-electron chi connectivity index (χ1n) is 6.68. The zero-order valence-electron chi connectivity index (χ0n) is 12.3. The summed E-state index contributed by atoms with van der Waals surface area (Å²) in [6, 6.07) is 4.03. The molecule has 1 amide bonds. The highest BCUT2D eigenvalue weighted by atomic mass is 32.1. The minimum atomic E-state index is -0.842. The number of hydrogen-bond donors (Lipinski definition) is 1. The monoisotopic (exact) mass is 303 g/mol. The predicted octanol–water partition coefficient (Wildman–Crippen LogP) is 3.06. The topological polar surface area (TPSA) is 78.9 Å². The highest BCUT2D eigenvalue weighted by molar-refractivity contribution is 7.08. The molecule has 0 aliphatic rings. The van der Waals surface area contributed by atoms with Crippen LogP contribution in [0.5, 0.6) is 0 Å². The summed E-state index contributed by atoms with van der Waals surface area (Å²) < 4.78 is 5.59. The Morgan fingerprint density at radius 2 is 2.38 bits per heavy atom. The second-order valence-corrected chi connectivity index (χ2v) is 5.84. The molecule has 0 aliphatic carbocycles. The van der Waals surface area contributed by atoms with E-state index in [0.29, 0.717) is 23.8 Å². The smallest absolute Gasteiger partial charge is 0.227 e. The van der Waals surface area contributed by atoms with Gasteiger partial charge in [-0.2, -0.15) is 16.6 Å². The molecule has 0 unspecified atom stereocenters. The van der Waals surface area contributed by atoms with Gasteiger partial charge >= 0.3 is 0 Å². The van der Waals surface area contributed by atoms with Crippen molar-refractivity contribution in [1.82, 2.24) is 10.3 Å². The summed E-state index contributed by atoms with van der Waals surface area (Å²) in [4.78, 5) is 16.4. The van der Waals surface area contributed by atoms with Gasteiger partial charge in [-0.3, -0.25) is 4.79 Å². The van der Waals surface area contributed by atoms with Crippen molar-refractivity contribution in [2.45, 2.75) is 39.2 Å². The maximum atomic E-state index is 12.1. The Labute approximate surface area is 127 Å². The SMILES string of the molecule is CC[C@@](C)(C#N)NC(=O)Cc1nc(-c2ccsc2)oc1C. The Kier molecular flexibility index (Phi) is 4.43. The van der Waals surface area contributed by atoms with E-state index in [-0.39, 0.29) is 12.3 Å². The van der Waals surface area contributed by atoms with Crippen LogP contribution in [0.1, 0.15) is 31.7 Å². The van der Waals surface area contributed by atoms with Gasteiger partial charge in [-0.05, 0) is 31.7 Å². The first-order valence-corrected chi connectivity index (χ1v) is 7.63. The summed E-state index contributed by atoms with van der Waals surface area (Å²) in [5.41, 5.74) is 0.667. The van der Waals surface area contributed by atoms with E-state index in [2.05, 4.69) is 16.4 Å². The van der Waals surface area contributed by atoms with Gasteiger partial charge in [-0.1, -0.05) is 6.92 Å². The second kappa shape index (κ2) is 6.10. The van der Waals surface area contributed by atoms with Crippen LogP contribution in [0.25, 0.3) is 11.5 Å². The summed E-state index contributed by atoms with van der Waals surface area (Å²) in [5.74, 6) is 0.922. The van der Waals surface area contributed by atoms with Crippen molar-refractivity contribution in [2.75, 3.05) is 0 Å². The lowest BCUT2D eigenvalue weighted by Crippen LogP contribution is -2.45. The first-order chi connectivity index (χ1) is 9.97. The fourth-order valence-corrected chi connectivity index (χ4v) is 2.43. The van der Waals surface area contributed by atoms with Crippen LogP contribution in [0.2, 0.25) is 0 Å². The molecule has 0 aliphatic heterocycles. The average molecular weight is 303 g/mol. The van der Waals surface area contributed by atoms with Crippen molar-refractivity contribution in [2.24, 2.45) is 0 Å². The molecule has 6 heteroatoms. The fraction of sp³-hybridized carbons (Fsp3) is 0.400. The van der Waals surface area contributed by atoms with E-state index >= 15 is 0 Å². The third-order valence-electron chi connectivity index (χ3n) is 3.36. The average Bonchev–Trinajstić information content (AvgIpc) is 3.09. The maximum absolute atomic E-state index is 12.1. The van der Waals surface area contributed by atoms with Crippen molar-refractivity contribution in [3.8, 4) is 17.5 Å². The molecule has 2 heterocycles. The lowest BCUT2D eigenvalue weighted by atomic mass is 10.0. The van der Waals surface area contributed by atoms with Crippen molar-refractivity contribution < 1.29 is 9.21 Å². The normalized spacial score (nSPS) is 13.4. The number of rotatable bonds is 5. The van der Waals surface area contributed by atoms with E-state index in [9.17, 15) is 4.79 Å². The summed E-state index contributed by atoms with van der Waals surface area (Å²) in [7, 11) is 0. The predicted molar refractivity (Wildman–Crippen MR) is 80.7 cm³/mol. The van der Waals surface area contributed by atoms with E-state index in [4.69, 9.17) is 9.68 Å². The Bertz CT molecular complexity index is 670. The van der Waals surface area contributed by atoms with Gasteiger partial charge in [0.05, 0.1) is 18.2 Å². The summed E-state index contributed by atoms with van der Waals surface area (Å²) in [6.07, 6.45) is 0.657. The molecule has 2 aromatic rings. The van der Waals surface area contributed by atoms with Gasteiger partial charge in [0.1, 0.15) is 11.3 Å². The molecule has 0 fully saturated rings. The fourth-order valence-electron chi connectivity index (χ4n) is 1.80. The van der Waals surface area contributed by atoms with Gasteiger partial charge in [0.15, 0.2) is 0 Å². The molecule has 1 atom stereocenters. The van der Waals surface area contributed by atoms with Crippen molar-refractivity contribution in [1.29, 1.82) is 5.26 Å². The molecule has 1 N–H and O–H groups in total. The number of hydrogen-bond acceptors (Lipinski definition) is 5. The number of aromatic nitrogens is 1. The van der Waals surface area contributed by atoms with Crippen LogP contribution >= 0.6 is 11.3 Å². The third kappa shape index (κ3) is 3.50. The van der Waals surface area contributed by atoms with E-state index in [1.807, 2.05) is 23.8 Å². The molecule has 2 aromatic heterocycles. The van der Waals surface area contributed by atoms with Gasteiger partial charge in [0, 0.05) is 10.9 Å². The third-order valence-corrected chi connectivity index (χ3v) is 4.04. The van der Waals surface area contributed by atoms with Gasteiger partial charge in [-0.15, -0.1) is 0 Å². The molecule has 0 spiro atoms.